The van der Waals surface area contributed by atoms with Crippen molar-refractivity contribution in [2.24, 2.45) is 11.7 Å². The van der Waals surface area contributed by atoms with Gasteiger partial charge in [-0.1, -0.05) is 36.4 Å². The fourth-order valence-corrected chi connectivity index (χ4v) is 1.68. The standard InChI is InChI=1S/C12H23IN4O3/c1-7(2)10(17-9(18)6-13)12(20)16-8(3)11(19)15-5-4-14/h7-8,10H,4-6,14H2,1-3H3,(H,15,19)(H,16,20)(H,17,18)/t8-,10?/m0/s1. The molecule has 8 heteroatoms. The van der Waals surface area contributed by atoms with Crippen molar-refractivity contribution in [2.45, 2.75) is 32.9 Å². The molecule has 0 saturated carbocycles. The molecular formula is C12H23IN4O3. The summed E-state index contributed by atoms with van der Waals surface area (Å²) in [5.74, 6) is -0.944. The monoisotopic (exact) mass is 398 g/mol. The van der Waals surface area contributed by atoms with Gasteiger partial charge in [0.2, 0.25) is 17.7 Å². The molecule has 0 aromatic heterocycles. The lowest BCUT2D eigenvalue weighted by molar-refractivity contribution is -0.132. The van der Waals surface area contributed by atoms with Crippen molar-refractivity contribution in [1.82, 2.24) is 16.0 Å². The van der Waals surface area contributed by atoms with Gasteiger partial charge in [0.15, 0.2) is 0 Å². The van der Waals surface area contributed by atoms with E-state index in [1.807, 2.05) is 36.4 Å². The molecule has 5 N–H and O–H groups in total. The zero-order valence-electron chi connectivity index (χ0n) is 12.0. The van der Waals surface area contributed by atoms with Crippen LogP contribution in [0.5, 0.6) is 0 Å². The van der Waals surface area contributed by atoms with E-state index in [-0.39, 0.29) is 28.1 Å². The van der Waals surface area contributed by atoms with E-state index in [1.54, 1.807) is 6.92 Å². The first-order chi connectivity index (χ1) is 9.33. The Morgan fingerprint density at radius 3 is 2.15 bits per heavy atom. The van der Waals surface area contributed by atoms with E-state index < -0.39 is 12.1 Å². The Balaban J connectivity index is 4.52. The first kappa shape index (κ1) is 19.1. The van der Waals surface area contributed by atoms with Gasteiger partial charge in [-0.05, 0) is 12.8 Å². The molecule has 116 valence electrons. The number of rotatable bonds is 8. The van der Waals surface area contributed by atoms with Crippen LogP contribution in [0.4, 0.5) is 0 Å². The molecule has 0 saturated heterocycles. The molecule has 3 amide bonds. The summed E-state index contributed by atoms with van der Waals surface area (Å²) in [6.45, 7) is 5.94. The Morgan fingerprint density at radius 2 is 1.70 bits per heavy atom. The molecule has 7 nitrogen and oxygen atoms in total. The molecule has 0 aliphatic rings. The van der Waals surface area contributed by atoms with Gasteiger partial charge in [-0.3, -0.25) is 14.4 Å². The van der Waals surface area contributed by atoms with Crippen LogP contribution in [0.1, 0.15) is 20.8 Å². The Bertz CT molecular complexity index is 350. The van der Waals surface area contributed by atoms with Gasteiger partial charge in [0.05, 0.1) is 4.43 Å². The van der Waals surface area contributed by atoms with Crippen LogP contribution in [0.25, 0.3) is 0 Å². The maximum Gasteiger partial charge on any atom is 0.243 e. The van der Waals surface area contributed by atoms with E-state index >= 15 is 0 Å². The highest BCUT2D eigenvalue weighted by Gasteiger charge is 2.26. The normalized spacial score (nSPS) is 13.5. The summed E-state index contributed by atoms with van der Waals surface area (Å²) in [4.78, 5) is 35.1. The van der Waals surface area contributed by atoms with Gasteiger partial charge in [-0.25, -0.2) is 0 Å². The number of alkyl halides is 1. The smallest absolute Gasteiger partial charge is 0.243 e. The number of carbonyl (C=O) groups excluding carboxylic acids is 3. The van der Waals surface area contributed by atoms with Crippen LogP contribution in [-0.2, 0) is 14.4 Å². The highest BCUT2D eigenvalue weighted by Crippen LogP contribution is 2.03. The molecule has 0 heterocycles. The molecule has 0 aliphatic carbocycles. The van der Waals surface area contributed by atoms with E-state index in [4.69, 9.17) is 5.73 Å². The molecular weight excluding hydrogens is 375 g/mol. The lowest BCUT2D eigenvalue weighted by Gasteiger charge is -2.23. The average Bonchev–Trinajstić information content (AvgIpc) is 2.40. The van der Waals surface area contributed by atoms with E-state index in [9.17, 15) is 14.4 Å². The Morgan fingerprint density at radius 1 is 1.10 bits per heavy atom. The molecule has 0 aromatic rings. The molecule has 0 bridgehead atoms. The number of halogens is 1. The molecule has 0 fully saturated rings. The van der Waals surface area contributed by atoms with Crippen molar-refractivity contribution in [3.05, 3.63) is 0 Å². The quantitative estimate of drug-likeness (QED) is 0.315. The summed E-state index contributed by atoms with van der Waals surface area (Å²) >= 11 is 1.93. The topological polar surface area (TPSA) is 113 Å². The molecule has 0 aliphatic heterocycles. The van der Waals surface area contributed by atoms with Crippen LogP contribution in [0.2, 0.25) is 0 Å². The fourth-order valence-electron chi connectivity index (χ4n) is 1.46. The summed E-state index contributed by atoms with van der Waals surface area (Å²) < 4.78 is 0.279. The van der Waals surface area contributed by atoms with Crippen molar-refractivity contribution in [3.63, 3.8) is 0 Å². The molecule has 0 radical (unpaired) electrons. The number of amides is 3. The van der Waals surface area contributed by atoms with Gasteiger partial charge in [-0.15, -0.1) is 0 Å². The average molecular weight is 398 g/mol. The first-order valence-corrected chi connectivity index (χ1v) is 7.99. The zero-order chi connectivity index (χ0) is 15.7. The van der Waals surface area contributed by atoms with Gasteiger partial charge in [-0.2, -0.15) is 0 Å². The zero-order valence-corrected chi connectivity index (χ0v) is 14.2. The number of hydrogen-bond acceptors (Lipinski definition) is 4. The lowest BCUT2D eigenvalue weighted by Crippen LogP contribution is -2.54. The Labute approximate surface area is 132 Å². The third kappa shape index (κ3) is 7.04. The van der Waals surface area contributed by atoms with Crippen LogP contribution in [0.3, 0.4) is 0 Å². The summed E-state index contributed by atoms with van der Waals surface area (Å²) in [6, 6.07) is -1.33. The predicted octanol–water partition coefficient (Wildman–Crippen LogP) is -0.858. The molecule has 0 aromatic carbocycles. The van der Waals surface area contributed by atoms with Crippen molar-refractivity contribution in [1.29, 1.82) is 0 Å². The minimum absolute atomic E-state index is 0.0683. The van der Waals surface area contributed by atoms with E-state index in [2.05, 4.69) is 16.0 Å². The van der Waals surface area contributed by atoms with Crippen molar-refractivity contribution < 1.29 is 14.4 Å². The van der Waals surface area contributed by atoms with Gasteiger partial charge < -0.3 is 21.7 Å². The first-order valence-electron chi connectivity index (χ1n) is 6.47. The van der Waals surface area contributed by atoms with Crippen LogP contribution in [0, 0.1) is 5.92 Å². The van der Waals surface area contributed by atoms with Crippen LogP contribution in [0.15, 0.2) is 0 Å². The minimum Gasteiger partial charge on any atom is -0.353 e. The van der Waals surface area contributed by atoms with Gasteiger partial charge in [0, 0.05) is 13.1 Å². The fraction of sp³-hybridized carbons (Fsp3) is 0.750. The van der Waals surface area contributed by atoms with E-state index in [0.29, 0.717) is 13.1 Å². The second kappa shape index (κ2) is 9.92. The summed E-state index contributed by atoms with van der Waals surface area (Å²) in [6.07, 6.45) is 0. The minimum atomic E-state index is -0.674. The number of nitrogens with two attached hydrogens (primary N) is 1. The molecule has 0 spiro atoms. The van der Waals surface area contributed by atoms with Gasteiger partial charge >= 0.3 is 0 Å². The van der Waals surface area contributed by atoms with Crippen molar-refractivity contribution >= 4 is 40.3 Å². The number of hydrogen-bond donors (Lipinski definition) is 4. The molecule has 2 atom stereocenters. The van der Waals surface area contributed by atoms with E-state index in [1.165, 1.54) is 0 Å². The third-order valence-electron chi connectivity index (χ3n) is 2.58. The maximum atomic E-state index is 12.1. The maximum absolute atomic E-state index is 12.1. The largest absolute Gasteiger partial charge is 0.353 e. The van der Waals surface area contributed by atoms with Crippen LogP contribution in [-0.4, -0.2) is 47.3 Å². The Hall–Kier alpha value is -0.900. The third-order valence-corrected chi connectivity index (χ3v) is 3.28. The number of nitrogens with one attached hydrogen (secondary N) is 3. The second-order valence-electron chi connectivity index (χ2n) is 4.73. The van der Waals surface area contributed by atoms with E-state index in [0.717, 1.165) is 0 Å². The summed E-state index contributed by atoms with van der Waals surface area (Å²) in [5.41, 5.74) is 5.29. The van der Waals surface area contributed by atoms with Crippen molar-refractivity contribution in [3.8, 4) is 0 Å². The van der Waals surface area contributed by atoms with Gasteiger partial charge in [0.25, 0.3) is 0 Å². The summed E-state index contributed by atoms with van der Waals surface area (Å²) in [7, 11) is 0. The lowest BCUT2D eigenvalue weighted by atomic mass is 10.0. The second-order valence-corrected chi connectivity index (χ2v) is 5.50. The van der Waals surface area contributed by atoms with Crippen LogP contribution < -0.4 is 21.7 Å². The van der Waals surface area contributed by atoms with Crippen molar-refractivity contribution in [2.75, 3.05) is 17.5 Å². The molecule has 20 heavy (non-hydrogen) atoms. The molecule has 0 rings (SSSR count). The SMILES string of the molecule is CC(C)C(NC(=O)CI)C(=O)N[C@@H](C)C(=O)NCCN. The molecule has 1 unspecified atom stereocenters. The predicted molar refractivity (Wildman–Crippen MR) is 85.3 cm³/mol. The number of carbonyl (C=O) groups is 3. The van der Waals surface area contributed by atoms with Gasteiger partial charge in [0.1, 0.15) is 12.1 Å². The Kier molecular flexibility index (Phi) is 9.47. The van der Waals surface area contributed by atoms with Crippen LogP contribution >= 0.6 is 22.6 Å². The highest BCUT2D eigenvalue weighted by atomic mass is 127. The highest BCUT2D eigenvalue weighted by molar-refractivity contribution is 14.1. The summed E-state index contributed by atoms with van der Waals surface area (Å²) in [5, 5.41) is 7.82.